The lowest BCUT2D eigenvalue weighted by molar-refractivity contribution is 0.0678. The number of benzene rings is 2. The van der Waals surface area contributed by atoms with Crippen molar-refractivity contribution in [1.82, 2.24) is 4.90 Å². The summed E-state index contributed by atoms with van der Waals surface area (Å²) in [7, 11) is -2.31. The van der Waals surface area contributed by atoms with Crippen LogP contribution < -0.4 is 9.04 Å². The molecule has 30 heavy (non-hydrogen) atoms. The number of sulfonamides is 1. The van der Waals surface area contributed by atoms with E-state index in [0.717, 1.165) is 5.56 Å². The maximum absolute atomic E-state index is 13.4. The highest BCUT2D eigenvalue weighted by Gasteiger charge is 2.32. The van der Waals surface area contributed by atoms with Gasteiger partial charge in [0.05, 0.1) is 23.3 Å². The van der Waals surface area contributed by atoms with Crippen molar-refractivity contribution in [3.63, 3.8) is 0 Å². The third kappa shape index (κ3) is 4.17. The number of rotatable bonds is 7. The van der Waals surface area contributed by atoms with Crippen LogP contribution in [0.3, 0.4) is 0 Å². The third-order valence-corrected chi connectivity index (χ3v) is 7.09. The van der Waals surface area contributed by atoms with Gasteiger partial charge >= 0.3 is 0 Å². The van der Waals surface area contributed by atoms with Crippen LogP contribution in [-0.2, 0) is 16.4 Å². The van der Waals surface area contributed by atoms with Crippen LogP contribution in [0.4, 0.5) is 5.69 Å². The molecule has 0 N–H and O–H groups in total. The number of methoxy groups -OCH3 is 1. The van der Waals surface area contributed by atoms with Gasteiger partial charge in [-0.2, -0.15) is 0 Å². The number of fused-ring (bicyclic) bond motifs is 1. The van der Waals surface area contributed by atoms with Crippen molar-refractivity contribution in [2.45, 2.75) is 45.1 Å². The zero-order chi connectivity index (χ0) is 22.1. The van der Waals surface area contributed by atoms with E-state index < -0.39 is 10.0 Å². The molecule has 1 heterocycles. The van der Waals surface area contributed by atoms with Gasteiger partial charge in [-0.05, 0) is 56.0 Å². The Bertz CT molecular complexity index is 1030. The molecule has 162 valence electrons. The van der Waals surface area contributed by atoms with E-state index in [4.69, 9.17) is 4.74 Å². The maximum Gasteiger partial charge on any atom is 0.264 e. The molecule has 6 nitrogen and oxygen atoms in total. The van der Waals surface area contributed by atoms with Crippen molar-refractivity contribution in [1.29, 1.82) is 0 Å². The van der Waals surface area contributed by atoms with Gasteiger partial charge in [0.25, 0.3) is 15.9 Å². The van der Waals surface area contributed by atoms with E-state index in [0.29, 0.717) is 30.9 Å². The molecule has 0 spiro atoms. The van der Waals surface area contributed by atoms with E-state index >= 15 is 0 Å². The lowest BCUT2D eigenvalue weighted by Crippen LogP contribution is -2.39. The van der Waals surface area contributed by atoms with E-state index in [-0.39, 0.29) is 28.3 Å². The highest BCUT2D eigenvalue weighted by Crippen LogP contribution is 2.34. The van der Waals surface area contributed by atoms with Gasteiger partial charge in [0.15, 0.2) is 0 Å². The van der Waals surface area contributed by atoms with E-state index in [9.17, 15) is 13.2 Å². The van der Waals surface area contributed by atoms with Gasteiger partial charge in [-0.3, -0.25) is 9.10 Å². The van der Waals surface area contributed by atoms with E-state index in [1.807, 2.05) is 52.0 Å². The molecule has 1 aliphatic rings. The van der Waals surface area contributed by atoms with Crippen molar-refractivity contribution in [3.05, 3.63) is 53.6 Å². The molecule has 0 saturated carbocycles. The minimum atomic E-state index is -3.80. The summed E-state index contributed by atoms with van der Waals surface area (Å²) in [6.07, 6.45) is 0.673. The fourth-order valence-corrected chi connectivity index (χ4v) is 5.31. The molecule has 2 aromatic carbocycles. The number of carbonyl (C=O) groups is 1. The first-order valence-corrected chi connectivity index (χ1v) is 11.7. The maximum atomic E-state index is 13.4. The molecule has 0 saturated heterocycles. The summed E-state index contributed by atoms with van der Waals surface area (Å²) >= 11 is 0. The number of anilines is 1. The Kier molecular flexibility index (Phi) is 6.41. The van der Waals surface area contributed by atoms with Gasteiger partial charge in [0.2, 0.25) is 0 Å². The summed E-state index contributed by atoms with van der Waals surface area (Å²) in [6.45, 7) is 8.97. The number of hydrogen-bond donors (Lipinski definition) is 0. The van der Waals surface area contributed by atoms with Crippen molar-refractivity contribution >= 4 is 21.6 Å². The van der Waals surface area contributed by atoms with Crippen LogP contribution in [0.15, 0.2) is 47.4 Å². The fraction of sp³-hybridized carbons (Fsp3) is 0.435. The number of hydrogen-bond acceptors (Lipinski definition) is 4. The Morgan fingerprint density at radius 1 is 1.13 bits per heavy atom. The number of carbonyl (C=O) groups excluding carboxylic acids is 1. The Labute approximate surface area is 179 Å². The molecule has 0 radical (unpaired) electrons. The van der Waals surface area contributed by atoms with E-state index in [1.165, 1.54) is 23.5 Å². The van der Waals surface area contributed by atoms with E-state index in [1.54, 1.807) is 11.0 Å². The molecule has 3 rings (SSSR count). The molecule has 7 heteroatoms. The van der Waals surface area contributed by atoms with Gasteiger partial charge in [0, 0.05) is 19.1 Å². The average molecular weight is 431 g/mol. The van der Waals surface area contributed by atoms with E-state index in [2.05, 4.69) is 0 Å². The lowest BCUT2D eigenvalue weighted by Gasteiger charge is -2.29. The molecule has 0 aromatic heterocycles. The van der Waals surface area contributed by atoms with Crippen LogP contribution in [0, 0.1) is 5.92 Å². The number of para-hydroxylation sites is 1. The Balaban J connectivity index is 2.03. The molecule has 1 amide bonds. The molecule has 2 aromatic rings. The predicted octanol–water partition coefficient (Wildman–Crippen LogP) is 3.95. The molecule has 0 aliphatic carbocycles. The monoisotopic (exact) mass is 430 g/mol. The standard InChI is InChI=1S/C23H30N2O4S/c1-16(2)15-24(17(3)4)23(26)20-14-19(10-11-22(20)29-5)30(27,28)25-13-12-18-8-6-7-9-21(18)25/h6-11,14,16-17H,12-13,15H2,1-5H3. The molecular formula is C23H30N2O4S. The molecule has 0 fully saturated rings. The molecule has 0 bridgehead atoms. The average Bonchev–Trinajstić information content (AvgIpc) is 3.15. The fourth-order valence-electron chi connectivity index (χ4n) is 3.78. The molecular weight excluding hydrogens is 400 g/mol. The first-order chi connectivity index (χ1) is 14.2. The second-order valence-corrected chi connectivity index (χ2v) is 10.1. The zero-order valence-electron chi connectivity index (χ0n) is 18.3. The van der Waals surface area contributed by atoms with Crippen molar-refractivity contribution in [2.75, 3.05) is 24.5 Å². The van der Waals surface area contributed by atoms with Crippen LogP contribution in [-0.4, -0.2) is 45.5 Å². The van der Waals surface area contributed by atoms with Gasteiger partial charge in [0.1, 0.15) is 5.75 Å². The molecule has 0 atom stereocenters. The highest BCUT2D eigenvalue weighted by atomic mass is 32.2. The summed E-state index contributed by atoms with van der Waals surface area (Å²) in [4.78, 5) is 15.2. The number of ether oxygens (including phenoxy) is 1. The summed E-state index contributed by atoms with van der Waals surface area (Å²) in [6, 6.07) is 12.0. The van der Waals surface area contributed by atoms with Crippen LogP contribution in [0.25, 0.3) is 0 Å². The van der Waals surface area contributed by atoms with Crippen LogP contribution >= 0.6 is 0 Å². The van der Waals surface area contributed by atoms with Gasteiger partial charge < -0.3 is 9.64 Å². The van der Waals surface area contributed by atoms with Crippen molar-refractivity contribution < 1.29 is 17.9 Å². The van der Waals surface area contributed by atoms with Crippen molar-refractivity contribution in [3.8, 4) is 5.75 Å². The molecule has 0 unspecified atom stereocenters. The summed E-state index contributed by atoms with van der Waals surface area (Å²) in [5, 5.41) is 0. The largest absolute Gasteiger partial charge is 0.496 e. The minimum absolute atomic E-state index is 0.0182. The minimum Gasteiger partial charge on any atom is -0.496 e. The summed E-state index contributed by atoms with van der Waals surface area (Å²) < 4.78 is 33.6. The Hall–Kier alpha value is -2.54. The lowest BCUT2D eigenvalue weighted by atomic mass is 10.1. The third-order valence-electron chi connectivity index (χ3n) is 5.28. The normalized spacial score (nSPS) is 13.6. The predicted molar refractivity (Wildman–Crippen MR) is 119 cm³/mol. The van der Waals surface area contributed by atoms with Crippen LogP contribution in [0.1, 0.15) is 43.6 Å². The number of amides is 1. The zero-order valence-corrected chi connectivity index (χ0v) is 19.1. The highest BCUT2D eigenvalue weighted by molar-refractivity contribution is 7.92. The first-order valence-electron chi connectivity index (χ1n) is 10.3. The SMILES string of the molecule is COc1ccc(S(=O)(=O)N2CCc3ccccc32)cc1C(=O)N(CC(C)C)C(C)C. The first kappa shape index (κ1) is 22.2. The van der Waals surface area contributed by atoms with Crippen LogP contribution in [0.5, 0.6) is 5.75 Å². The van der Waals surface area contributed by atoms with Crippen LogP contribution in [0.2, 0.25) is 0 Å². The van der Waals surface area contributed by atoms with Gasteiger partial charge in [-0.25, -0.2) is 8.42 Å². The Morgan fingerprint density at radius 2 is 1.83 bits per heavy atom. The smallest absolute Gasteiger partial charge is 0.264 e. The summed E-state index contributed by atoms with van der Waals surface area (Å²) in [5.74, 6) is 0.431. The Morgan fingerprint density at radius 3 is 2.47 bits per heavy atom. The summed E-state index contributed by atoms with van der Waals surface area (Å²) in [5.41, 5.74) is 1.97. The van der Waals surface area contributed by atoms with Gasteiger partial charge in [-0.1, -0.05) is 32.0 Å². The topological polar surface area (TPSA) is 66.9 Å². The molecule has 1 aliphatic heterocycles. The van der Waals surface area contributed by atoms with Crippen molar-refractivity contribution in [2.24, 2.45) is 5.92 Å². The second kappa shape index (κ2) is 8.68. The van der Waals surface area contributed by atoms with Gasteiger partial charge in [-0.15, -0.1) is 0 Å². The second-order valence-electron chi connectivity index (χ2n) is 8.26. The number of nitrogens with zero attached hydrogens (tertiary/aromatic N) is 2. The quantitative estimate of drug-likeness (QED) is 0.667.